The molecule has 0 saturated carbocycles. The number of thioether (sulfide) groups is 1. The Morgan fingerprint density at radius 1 is 1.33 bits per heavy atom. The third kappa shape index (κ3) is 4.42. The number of rotatable bonds is 7. The van der Waals surface area contributed by atoms with E-state index in [1.807, 2.05) is 48.9 Å². The second-order valence-corrected chi connectivity index (χ2v) is 8.24. The minimum Gasteiger partial charge on any atom is -0.341 e. The van der Waals surface area contributed by atoms with Gasteiger partial charge >= 0.3 is 0 Å². The minimum atomic E-state index is -0.0449. The molecule has 0 aliphatic heterocycles. The van der Waals surface area contributed by atoms with Gasteiger partial charge in [0, 0.05) is 19.6 Å². The Morgan fingerprint density at radius 3 is 2.81 bits per heavy atom. The highest BCUT2D eigenvalue weighted by Gasteiger charge is 2.18. The van der Waals surface area contributed by atoms with Crippen molar-refractivity contribution in [1.82, 2.24) is 14.5 Å². The van der Waals surface area contributed by atoms with Crippen LogP contribution in [0.4, 0.5) is 0 Å². The van der Waals surface area contributed by atoms with Gasteiger partial charge in [0.05, 0.1) is 16.7 Å². The second kappa shape index (κ2) is 8.71. The molecule has 0 saturated heterocycles. The molecule has 1 amide bonds. The van der Waals surface area contributed by atoms with Crippen molar-refractivity contribution in [3.63, 3.8) is 0 Å². The van der Waals surface area contributed by atoms with E-state index in [4.69, 9.17) is 0 Å². The van der Waals surface area contributed by atoms with Crippen LogP contribution in [-0.4, -0.2) is 33.2 Å². The summed E-state index contributed by atoms with van der Waals surface area (Å²) in [5.41, 5.74) is 1.75. The summed E-state index contributed by atoms with van der Waals surface area (Å²) >= 11 is 2.95. The first-order chi connectivity index (χ1) is 13.0. The van der Waals surface area contributed by atoms with Gasteiger partial charge in [0.2, 0.25) is 5.91 Å². The predicted molar refractivity (Wildman–Crippen MR) is 113 cm³/mol. The molecule has 0 fully saturated rings. The largest absolute Gasteiger partial charge is 0.341 e. The molecule has 3 aromatic rings. The van der Waals surface area contributed by atoms with E-state index in [1.165, 1.54) is 11.8 Å². The fraction of sp³-hybridized carbons (Fsp3) is 0.350. The van der Waals surface area contributed by atoms with E-state index < -0.39 is 0 Å². The van der Waals surface area contributed by atoms with Gasteiger partial charge in [-0.3, -0.25) is 14.2 Å². The number of para-hydroxylation sites is 1. The zero-order valence-electron chi connectivity index (χ0n) is 15.7. The van der Waals surface area contributed by atoms with Crippen LogP contribution in [0, 0.1) is 0 Å². The van der Waals surface area contributed by atoms with Gasteiger partial charge in [-0.1, -0.05) is 30.8 Å². The molecule has 142 valence electrons. The van der Waals surface area contributed by atoms with Gasteiger partial charge < -0.3 is 4.90 Å². The summed E-state index contributed by atoms with van der Waals surface area (Å²) in [6, 6.07) is 9.41. The van der Waals surface area contributed by atoms with Gasteiger partial charge in [-0.05, 0) is 47.9 Å². The van der Waals surface area contributed by atoms with E-state index in [0.717, 1.165) is 12.0 Å². The molecule has 0 spiro atoms. The van der Waals surface area contributed by atoms with Crippen molar-refractivity contribution >= 4 is 39.9 Å². The maximum Gasteiger partial charge on any atom is 0.262 e. The number of aromatic nitrogens is 2. The molecule has 0 bridgehead atoms. The molecule has 2 heterocycles. The van der Waals surface area contributed by atoms with Crippen LogP contribution in [0.2, 0.25) is 0 Å². The molecule has 7 heteroatoms. The van der Waals surface area contributed by atoms with Crippen LogP contribution in [0.5, 0.6) is 0 Å². The number of amides is 1. The summed E-state index contributed by atoms with van der Waals surface area (Å²) in [6.07, 6.45) is 0.819. The number of fused-ring (bicyclic) bond motifs is 1. The molecule has 0 N–H and O–H groups in total. The fourth-order valence-corrected chi connectivity index (χ4v) is 4.48. The van der Waals surface area contributed by atoms with Crippen molar-refractivity contribution < 1.29 is 4.79 Å². The van der Waals surface area contributed by atoms with Gasteiger partial charge in [0.25, 0.3) is 5.56 Å². The Hall–Kier alpha value is -2.12. The molecule has 0 aliphatic carbocycles. The standard InChI is InChI=1S/C20H23N3O2S2/c1-4-14(2)23-19(25)16-7-5-6-8-17(16)21-20(23)27-13-18(24)22(3)11-15-9-10-26-12-15/h5-10,12,14H,4,11,13H2,1-3H3/t14-/m1/s1. The molecule has 0 radical (unpaired) electrons. The third-order valence-corrected chi connectivity index (χ3v) is 6.23. The van der Waals surface area contributed by atoms with Crippen molar-refractivity contribution in [3.05, 3.63) is 57.0 Å². The Balaban J connectivity index is 1.83. The minimum absolute atomic E-state index is 0.0179. The van der Waals surface area contributed by atoms with Crippen LogP contribution in [0.15, 0.2) is 51.0 Å². The van der Waals surface area contributed by atoms with Crippen LogP contribution < -0.4 is 5.56 Å². The summed E-state index contributed by atoms with van der Waals surface area (Å²) in [6.45, 7) is 4.64. The summed E-state index contributed by atoms with van der Waals surface area (Å²) in [5.74, 6) is 0.270. The Morgan fingerprint density at radius 2 is 2.11 bits per heavy atom. The number of hydrogen-bond acceptors (Lipinski definition) is 5. The number of thiophene rings is 1. The molecule has 1 aromatic carbocycles. The van der Waals surface area contributed by atoms with Crippen LogP contribution in [0.1, 0.15) is 31.9 Å². The molecule has 0 unspecified atom stereocenters. The third-order valence-electron chi connectivity index (χ3n) is 4.56. The van der Waals surface area contributed by atoms with Crippen LogP contribution in [-0.2, 0) is 11.3 Å². The maximum atomic E-state index is 13.0. The van der Waals surface area contributed by atoms with E-state index in [9.17, 15) is 9.59 Å². The first kappa shape index (κ1) is 19.6. The lowest BCUT2D eigenvalue weighted by Gasteiger charge is -2.19. The highest BCUT2D eigenvalue weighted by atomic mass is 32.2. The molecule has 1 atom stereocenters. The molecular weight excluding hydrogens is 378 g/mol. The normalized spacial score (nSPS) is 12.3. The monoisotopic (exact) mass is 401 g/mol. The SMILES string of the molecule is CC[C@@H](C)n1c(SCC(=O)N(C)Cc2ccsc2)nc2ccccc2c1=O. The van der Waals surface area contributed by atoms with E-state index in [0.29, 0.717) is 22.6 Å². The number of carbonyl (C=O) groups is 1. The van der Waals surface area contributed by atoms with Gasteiger partial charge in [-0.15, -0.1) is 0 Å². The number of nitrogens with zero attached hydrogens (tertiary/aromatic N) is 3. The summed E-state index contributed by atoms with van der Waals surface area (Å²) < 4.78 is 1.72. The van der Waals surface area contributed by atoms with Gasteiger partial charge in [0.15, 0.2) is 5.16 Å². The lowest BCUT2D eigenvalue weighted by Crippen LogP contribution is -2.29. The van der Waals surface area contributed by atoms with Crippen molar-refractivity contribution in [1.29, 1.82) is 0 Å². The summed E-state index contributed by atoms with van der Waals surface area (Å²) in [7, 11) is 1.80. The number of benzene rings is 1. The van der Waals surface area contributed by atoms with Gasteiger partial charge in [-0.25, -0.2) is 4.98 Å². The van der Waals surface area contributed by atoms with Gasteiger partial charge in [0.1, 0.15) is 0 Å². The first-order valence-electron chi connectivity index (χ1n) is 8.90. The summed E-state index contributed by atoms with van der Waals surface area (Å²) in [4.78, 5) is 31.9. The Labute approximate surface area is 167 Å². The lowest BCUT2D eigenvalue weighted by atomic mass is 10.2. The zero-order chi connectivity index (χ0) is 19.4. The van der Waals surface area contributed by atoms with Crippen molar-refractivity contribution in [3.8, 4) is 0 Å². The fourth-order valence-electron chi connectivity index (χ4n) is 2.78. The van der Waals surface area contributed by atoms with Crippen LogP contribution in [0.3, 0.4) is 0 Å². The predicted octanol–water partition coefficient (Wildman–Crippen LogP) is 4.18. The van der Waals surface area contributed by atoms with Crippen molar-refractivity contribution in [2.75, 3.05) is 12.8 Å². The van der Waals surface area contributed by atoms with Crippen molar-refractivity contribution in [2.24, 2.45) is 0 Å². The molecule has 3 rings (SSSR count). The topological polar surface area (TPSA) is 55.2 Å². The quantitative estimate of drug-likeness (QED) is 0.440. The Kier molecular flexibility index (Phi) is 6.34. The second-order valence-electron chi connectivity index (χ2n) is 6.51. The highest BCUT2D eigenvalue weighted by molar-refractivity contribution is 7.99. The molecule has 27 heavy (non-hydrogen) atoms. The van der Waals surface area contributed by atoms with E-state index in [2.05, 4.69) is 4.98 Å². The van der Waals surface area contributed by atoms with E-state index >= 15 is 0 Å². The first-order valence-corrected chi connectivity index (χ1v) is 10.8. The van der Waals surface area contributed by atoms with E-state index in [1.54, 1.807) is 33.9 Å². The number of carbonyl (C=O) groups excluding carboxylic acids is 1. The smallest absolute Gasteiger partial charge is 0.262 e. The average Bonchev–Trinajstić information content (AvgIpc) is 3.18. The van der Waals surface area contributed by atoms with Crippen molar-refractivity contribution in [2.45, 2.75) is 38.0 Å². The average molecular weight is 402 g/mol. The van der Waals surface area contributed by atoms with Crippen LogP contribution in [0.25, 0.3) is 10.9 Å². The lowest BCUT2D eigenvalue weighted by molar-refractivity contribution is -0.127. The van der Waals surface area contributed by atoms with E-state index in [-0.39, 0.29) is 23.3 Å². The molecular formula is C20H23N3O2S2. The molecule has 5 nitrogen and oxygen atoms in total. The maximum absolute atomic E-state index is 13.0. The molecule has 2 aromatic heterocycles. The number of hydrogen-bond donors (Lipinski definition) is 0. The zero-order valence-corrected chi connectivity index (χ0v) is 17.3. The summed E-state index contributed by atoms with van der Waals surface area (Å²) in [5, 5.41) is 5.27. The Bertz CT molecular complexity index is 983. The van der Waals surface area contributed by atoms with Crippen LogP contribution >= 0.6 is 23.1 Å². The molecule has 0 aliphatic rings. The highest BCUT2D eigenvalue weighted by Crippen LogP contribution is 2.23. The van der Waals surface area contributed by atoms with Gasteiger partial charge in [-0.2, -0.15) is 11.3 Å².